The van der Waals surface area contributed by atoms with Gasteiger partial charge in [0, 0.05) is 18.0 Å². The van der Waals surface area contributed by atoms with E-state index in [1.54, 1.807) is 43.0 Å². The Morgan fingerprint density at radius 3 is 2.71 bits per heavy atom. The highest BCUT2D eigenvalue weighted by atomic mass is 35.5. The summed E-state index contributed by atoms with van der Waals surface area (Å²) in [7, 11) is 0. The Morgan fingerprint density at radius 2 is 2.04 bits per heavy atom. The van der Waals surface area contributed by atoms with E-state index in [-0.39, 0.29) is 17.9 Å². The zero-order chi connectivity index (χ0) is 20.3. The molecule has 1 aromatic carbocycles. The van der Waals surface area contributed by atoms with Crippen LogP contribution in [0.1, 0.15) is 32.9 Å². The maximum atomic E-state index is 14.3. The molecule has 3 rings (SSSR count). The van der Waals surface area contributed by atoms with Crippen LogP contribution in [0, 0.1) is 5.82 Å². The van der Waals surface area contributed by atoms with Gasteiger partial charge in [-0.2, -0.15) is 9.37 Å². The Bertz CT molecular complexity index is 845. The molecule has 2 aromatic rings. The summed E-state index contributed by atoms with van der Waals surface area (Å²) in [4.78, 5) is 22.4. The van der Waals surface area contributed by atoms with Crippen LogP contribution in [-0.2, 0) is 11.2 Å². The smallest absolute Gasteiger partial charge is 0.266 e. The second kappa shape index (κ2) is 8.31. The third-order valence-corrected chi connectivity index (χ3v) is 4.83. The largest absolute Gasteiger partial charge is 0.478 e. The second-order valence-corrected chi connectivity index (χ2v) is 7.58. The van der Waals surface area contributed by atoms with Gasteiger partial charge < -0.3 is 14.4 Å². The van der Waals surface area contributed by atoms with Crippen LogP contribution in [0.25, 0.3) is 0 Å². The minimum Gasteiger partial charge on any atom is -0.478 e. The van der Waals surface area contributed by atoms with Gasteiger partial charge in [0.2, 0.25) is 5.82 Å². The van der Waals surface area contributed by atoms with Crippen molar-refractivity contribution in [2.24, 2.45) is 0 Å². The number of likely N-dealkylation sites (tertiary alicyclic amines) is 1. The summed E-state index contributed by atoms with van der Waals surface area (Å²) in [5.41, 5.74) is -0.744. The van der Waals surface area contributed by atoms with Gasteiger partial charge in [0.15, 0.2) is 5.60 Å². The number of hydrogen-bond donors (Lipinski definition) is 0. The maximum absolute atomic E-state index is 14.3. The van der Waals surface area contributed by atoms with Crippen LogP contribution in [0.3, 0.4) is 0 Å². The van der Waals surface area contributed by atoms with Gasteiger partial charge in [-0.15, -0.1) is 0 Å². The van der Waals surface area contributed by atoms with E-state index in [2.05, 4.69) is 9.97 Å². The molecular formula is C20H23ClFN3O3. The van der Waals surface area contributed by atoms with Gasteiger partial charge in [-0.05, 0) is 44.5 Å². The summed E-state index contributed by atoms with van der Waals surface area (Å²) in [6, 6.07) is 6.85. The molecule has 1 atom stereocenters. The van der Waals surface area contributed by atoms with Crippen LogP contribution >= 0.6 is 11.6 Å². The number of halogens is 2. The Balaban J connectivity index is 1.62. The van der Waals surface area contributed by atoms with Crippen molar-refractivity contribution in [3.8, 4) is 11.6 Å². The number of carbonyl (C=O) groups excluding carboxylic acids is 1. The number of ether oxygens (including phenoxy) is 2. The van der Waals surface area contributed by atoms with E-state index >= 15 is 0 Å². The van der Waals surface area contributed by atoms with E-state index in [1.165, 1.54) is 6.33 Å². The lowest BCUT2D eigenvalue weighted by Gasteiger charge is -2.30. The normalized spacial score (nSPS) is 16.9. The van der Waals surface area contributed by atoms with Crippen LogP contribution in [0.15, 0.2) is 30.6 Å². The summed E-state index contributed by atoms with van der Waals surface area (Å²) in [5.74, 6) is -0.208. The van der Waals surface area contributed by atoms with E-state index in [9.17, 15) is 9.18 Å². The molecule has 28 heavy (non-hydrogen) atoms. The van der Waals surface area contributed by atoms with Gasteiger partial charge in [-0.3, -0.25) is 4.79 Å². The van der Waals surface area contributed by atoms with Crippen molar-refractivity contribution < 1.29 is 18.7 Å². The standard InChI is InChI=1S/C20H23ClFN3O3/c1-4-16-17(22)18(24-12-23-16)27-15-9-10-25(11-15)19(26)20(2,3)28-14-7-5-13(21)6-8-14/h5-8,12,15H,4,9-11H2,1-3H3/t15-/m1/s1. The fraction of sp³-hybridized carbons (Fsp3) is 0.450. The quantitative estimate of drug-likeness (QED) is 0.731. The van der Waals surface area contributed by atoms with E-state index in [1.807, 2.05) is 6.92 Å². The number of carbonyl (C=O) groups is 1. The molecule has 0 N–H and O–H groups in total. The number of aromatic nitrogens is 2. The molecule has 150 valence electrons. The molecule has 0 radical (unpaired) electrons. The molecule has 1 saturated heterocycles. The molecule has 0 saturated carbocycles. The molecular weight excluding hydrogens is 385 g/mol. The molecule has 1 aromatic heterocycles. The Kier molecular flexibility index (Phi) is 6.03. The van der Waals surface area contributed by atoms with Gasteiger partial charge in [-0.1, -0.05) is 18.5 Å². The van der Waals surface area contributed by atoms with Crippen molar-refractivity contribution in [1.82, 2.24) is 14.9 Å². The SMILES string of the molecule is CCc1ncnc(O[C@@H]2CCN(C(=O)C(C)(C)Oc3ccc(Cl)cc3)C2)c1F. The van der Waals surface area contributed by atoms with Crippen molar-refractivity contribution in [1.29, 1.82) is 0 Å². The first-order valence-corrected chi connectivity index (χ1v) is 9.58. The van der Waals surface area contributed by atoms with Crippen LogP contribution in [-0.4, -0.2) is 45.6 Å². The Hall–Kier alpha value is -2.41. The average molecular weight is 408 g/mol. The van der Waals surface area contributed by atoms with E-state index < -0.39 is 11.4 Å². The number of benzene rings is 1. The third kappa shape index (κ3) is 4.52. The first kappa shape index (κ1) is 20.3. The lowest BCUT2D eigenvalue weighted by atomic mass is 10.1. The number of rotatable bonds is 6. The summed E-state index contributed by atoms with van der Waals surface area (Å²) in [5, 5.41) is 0.596. The van der Waals surface area contributed by atoms with Crippen molar-refractivity contribution >= 4 is 17.5 Å². The van der Waals surface area contributed by atoms with Crippen LogP contribution < -0.4 is 9.47 Å². The minimum absolute atomic E-state index is 0.0668. The molecule has 1 aliphatic heterocycles. The van der Waals surface area contributed by atoms with Gasteiger partial charge in [-0.25, -0.2) is 4.98 Å². The predicted molar refractivity (Wildman–Crippen MR) is 103 cm³/mol. The molecule has 1 aliphatic rings. The van der Waals surface area contributed by atoms with Gasteiger partial charge in [0.1, 0.15) is 18.2 Å². The zero-order valence-electron chi connectivity index (χ0n) is 16.1. The highest BCUT2D eigenvalue weighted by molar-refractivity contribution is 6.30. The highest BCUT2D eigenvalue weighted by Crippen LogP contribution is 2.26. The van der Waals surface area contributed by atoms with Gasteiger partial charge in [0.25, 0.3) is 11.8 Å². The first-order chi connectivity index (χ1) is 13.3. The minimum atomic E-state index is -1.06. The van der Waals surface area contributed by atoms with Crippen LogP contribution in [0.4, 0.5) is 4.39 Å². The van der Waals surface area contributed by atoms with Crippen molar-refractivity contribution in [2.75, 3.05) is 13.1 Å². The molecule has 2 heterocycles. The van der Waals surface area contributed by atoms with Crippen molar-refractivity contribution in [2.45, 2.75) is 45.3 Å². The van der Waals surface area contributed by atoms with E-state index in [0.29, 0.717) is 42.4 Å². The summed E-state index contributed by atoms with van der Waals surface area (Å²) < 4.78 is 25.8. The molecule has 0 spiro atoms. The predicted octanol–water partition coefficient (Wildman–Crippen LogP) is 3.67. The topological polar surface area (TPSA) is 64.6 Å². The number of nitrogens with zero attached hydrogens (tertiary/aromatic N) is 3. The van der Waals surface area contributed by atoms with Crippen LogP contribution in [0.5, 0.6) is 11.6 Å². The average Bonchev–Trinajstić information content (AvgIpc) is 3.13. The van der Waals surface area contributed by atoms with Crippen LogP contribution in [0.2, 0.25) is 5.02 Å². The molecule has 8 heteroatoms. The lowest BCUT2D eigenvalue weighted by Crippen LogP contribution is -2.48. The lowest BCUT2D eigenvalue weighted by molar-refractivity contribution is -0.144. The molecule has 0 bridgehead atoms. The number of aryl methyl sites for hydroxylation is 1. The van der Waals surface area contributed by atoms with Crippen molar-refractivity contribution in [3.05, 3.63) is 47.1 Å². The van der Waals surface area contributed by atoms with Crippen molar-refractivity contribution in [3.63, 3.8) is 0 Å². The Morgan fingerprint density at radius 1 is 1.32 bits per heavy atom. The number of amides is 1. The van der Waals surface area contributed by atoms with Gasteiger partial charge >= 0.3 is 0 Å². The highest BCUT2D eigenvalue weighted by Gasteiger charge is 2.38. The zero-order valence-corrected chi connectivity index (χ0v) is 16.9. The summed E-state index contributed by atoms with van der Waals surface area (Å²) >= 11 is 5.88. The molecule has 0 unspecified atom stereocenters. The maximum Gasteiger partial charge on any atom is 0.266 e. The summed E-state index contributed by atoms with van der Waals surface area (Å²) in [6.45, 7) is 6.10. The van der Waals surface area contributed by atoms with E-state index in [4.69, 9.17) is 21.1 Å². The molecule has 1 amide bonds. The molecule has 0 aliphatic carbocycles. The first-order valence-electron chi connectivity index (χ1n) is 9.20. The number of hydrogen-bond acceptors (Lipinski definition) is 5. The summed E-state index contributed by atoms with van der Waals surface area (Å²) in [6.07, 6.45) is 2.01. The fourth-order valence-corrected chi connectivity index (χ4v) is 3.23. The van der Waals surface area contributed by atoms with Gasteiger partial charge in [0.05, 0.1) is 12.2 Å². The third-order valence-electron chi connectivity index (χ3n) is 4.58. The monoisotopic (exact) mass is 407 g/mol. The second-order valence-electron chi connectivity index (χ2n) is 7.14. The Labute approximate surface area is 168 Å². The molecule has 6 nitrogen and oxygen atoms in total. The molecule has 1 fully saturated rings. The van der Waals surface area contributed by atoms with E-state index in [0.717, 1.165) is 0 Å². The fourth-order valence-electron chi connectivity index (χ4n) is 3.10.